The van der Waals surface area contributed by atoms with Crippen LogP contribution in [0.25, 0.3) is 16.6 Å². The number of halogens is 2. The number of hydrogen-bond acceptors (Lipinski definition) is 3. The Morgan fingerprint density at radius 2 is 1.71 bits per heavy atom. The first kappa shape index (κ1) is 20.3. The van der Waals surface area contributed by atoms with Crippen molar-refractivity contribution < 1.29 is 0 Å². The van der Waals surface area contributed by atoms with Crippen molar-refractivity contribution in [3.05, 3.63) is 79.7 Å². The molecule has 0 atom stereocenters. The van der Waals surface area contributed by atoms with Gasteiger partial charge in [0.1, 0.15) is 0 Å². The van der Waals surface area contributed by atoms with E-state index in [0.29, 0.717) is 33.4 Å². The number of hydrogen-bond donors (Lipinski definition) is 1. The summed E-state index contributed by atoms with van der Waals surface area (Å²) in [4.78, 5) is 22.1. The fourth-order valence-electron chi connectivity index (χ4n) is 4.76. The number of nitrogens with one attached hydrogen (secondary N) is 1. The first-order valence-electron chi connectivity index (χ1n) is 10.5. The lowest BCUT2D eigenvalue weighted by Crippen LogP contribution is -2.16. The molecule has 5 rings (SSSR count). The highest BCUT2D eigenvalue weighted by Gasteiger charge is 2.28. The second kappa shape index (κ2) is 8.13. The van der Waals surface area contributed by atoms with E-state index in [4.69, 9.17) is 28.2 Å². The Morgan fingerprint density at radius 3 is 2.42 bits per heavy atom. The summed E-state index contributed by atoms with van der Waals surface area (Å²) < 4.78 is 1.54. The normalized spacial score (nSPS) is 19.6. The van der Waals surface area contributed by atoms with Crippen LogP contribution in [0, 0.1) is 0 Å². The van der Waals surface area contributed by atoms with E-state index >= 15 is 0 Å². The number of H-pyrrole nitrogens is 1. The molecular weight excluding hydrogens is 431 g/mol. The quantitative estimate of drug-likeness (QED) is 0.389. The number of benzene rings is 2. The minimum atomic E-state index is -0.144. The van der Waals surface area contributed by atoms with Crippen molar-refractivity contribution in [3.8, 4) is 0 Å². The van der Waals surface area contributed by atoms with Crippen LogP contribution in [0.5, 0.6) is 0 Å². The van der Waals surface area contributed by atoms with Crippen LogP contribution >= 0.6 is 23.2 Å². The molecule has 2 heterocycles. The van der Waals surface area contributed by atoms with E-state index in [9.17, 15) is 4.79 Å². The Morgan fingerprint density at radius 1 is 1.03 bits per heavy atom. The third-order valence-corrected chi connectivity index (χ3v) is 6.82. The summed E-state index contributed by atoms with van der Waals surface area (Å²) in [6.07, 6.45) is 6.05. The number of aromatic amines is 1. The lowest BCUT2D eigenvalue weighted by molar-refractivity contribution is 0.390. The standard InChI is InChI=1S/C24H22Cl2N4O/c1-27-13-20-22(16-4-2-14(3-5-16)15-6-8-17(25)9-7-15)29-30-23(20)28-21-11-10-18(26)12-19(21)24(30)31/h6-14,16,29H,2-5H2,1H3. The van der Waals surface area contributed by atoms with Crippen molar-refractivity contribution in [3.63, 3.8) is 0 Å². The van der Waals surface area contributed by atoms with E-state index in [1.54, 1.807) is 31.5 Å². The molecular formula is C24H22Cl2N4O. The number of rotatable bonds is 3. The minimum absolute atomic E-state index is 0.144. The van der Waals surface area contributed by atoms with Gasteiger partial charge >= 0.3 is 0 Å². The van der Waals surface area contributed by atoms with E-state index in [0.717, 1.165) is 42.0 Å². The lowest BCUT2D eigenvalue weighted by Gasteiger charge is -2.28. The molecule has 7 heteroatoms. The molecule has 0 spiro atoms. The highest BCUT2D eigenvalue weighted by Crippen LogP contribution is 2.41. The first-order valence-corrected chi connectivity index (χ1v) is 11.2. The van der Waals surface area contributed by atoms with Gasteiger partial charge in [-0.25, -0.2) is 9.50 Å². The lowest BCUT2D eigenvalue weighted by atomic mass is 9.77. The summed E-state index contributed by atoms with van der Waals surface area (Å²) >= 11 is 12.2. The van der Waals surface area contributed by atoms with Crippen molar-refractivity contribution in [2.45, 2.75) is 37.5 Å². The average molecular weight is 453 g/mol. The van der Waals surface area contributed by atoms with Crippen LogP contribution in [0.2, 0.25) is 10.0 Å². The van der Waals surface area contributed by atoms with Gasteiger partial charge in [0, 0.05) is 34.9 Å². The fourth-order valence-corrected chi connectivity index (χ4v) is 5.06. The van der Waals surface area contributed by atoms with Gasteiger partial charge in [-0.2, -0.15) is 0 Å². The summed E-state index contributed by atoms with van der Waals surface area (Å²) in [6, 6.07) is 13.4. The Kier molecular flexibility index (Phi) is 5.32. The molecule has 31 heavy (non-hydrogen) atoms. The number of fused-ring (bicyclic) bond motifs is 2. The van der Waals surface area contributed by atoms with Crippen LogP contribution in [0.4, 0.5) is 0 Å². The smallest absolute Gasteiger partial charge is 0.280 e. The summed E-state index contributed by atoms with van der Waals surface area (Å²) in [5.41, 5.74) is 4.38. The second-order valence-corrected chi connectivity index (χ2v) is 9.04. The molecule has 1 N–H and O–H groups in total. The molecule has 4 aromatic rings. The molecule has 2 aromatic heterocycles. The van der Waals surface area contributed by atoms with Gasteiger partial charge in [0.05, 0.1) is 16.5 Å². The van der Waals surface area contributed by atoms with Crippen LogP contribution < -0.4 is 5.56 Å². The molecule has 0 amide bonds. The van der Waals surface area contributed by atoms with Gasteiger partial charge in [-0.1, -0.05) is 35.3 Å². The molecule has 0 radical (unpaired) electrons. The SMILES string of the molecule is CN=Cc1c(C2CCC(c3ccc(Cl)cc3)CC2)[nH]n2c(=O)c3cc(Cl)ccc3nc12. The fraction of sp³-hybridized carbons (Fsp3) is 0.292. The Balaban J connectivity index is 1.53. The topological polar surface area (TPSA) is 62.5 Å². The minimum Gasteiger partial charge on any atom is -0.296 e. The maximum Gasteiger partial charge on any atom is 0.280 e. The molecule has 158 valence electrons. The van der Waals surface area contributed by atoms with Crippen LogP contribution in [0.15, 0.2) is 52.3 Å². The second-order valence-electron chi connectivity index (χ2n) is 8.16. The number of nitrogens with zero attached hydrogens (tertiary/aromatic N) is 3. The van der Waals surface area contributed by atoms with E-state index in [1.807, 2.05) is 12.1 Å². The zero-order valence-corrected chi connectivity index (χ0v) is 18.6. The average Bonchev–Trinajstić information content (AvgIpc) is 3.14. The van der Waals surface area contributed by atoms with Gasteiger partial charge in [0.15, 0.2) is 5.65 Å². The molecule has 1 aliphatic rings. The summed E-state index contributed by atoms with van der Waals surface area (Å²) in [5.74, 6) is 0.858. The van der Waals surface area contributed by atoms with Gasteiger partial charge in [-0.05, 0) is 67.5 Å². The van der Waals surface area contributed by atoms with Crippen molar-refractivity contribution in [1.29, 1.82) is 0 Å². The van der Waals surface area contributed by atoms with Gasteiger partial charge < -0.3 is 0 Å². The summed E-state index contributed by atoms with van der Waals surface area (Å²) in [6.45, 7) is 0. The van der Waals surface area contributed by atoms with E-state index in [-0.39, 0.29) is 5.56 Å². The summed E-state index contributed by atoms with van der Waals surface area (Å²) in [5, 5.41) is 5.15. The van der Waals surface area contributed by atoms with Crippen molar-refractivity contribution in [1.82, 2.24) is 14.6 Å². The van der Waals surface area contributed by atoms with Gasteiger partial charge in [0.25, 0.3) is 5.56 Å². The molecule has 1 saturated carbocycles. The van der Waals surface area contributed by atoms with Gasteiger partial charge in [0.2, 0.25) is 0 Å². The number of aliphatic imine (C=N–C) groups is 1. The Labute approximate surface area is 189 Å². The third-order valence-electron chi connectivity index (χ3n) is 6.33. The third kappa shape index (κ3) is 3.66. The Hall–Kier alpha value is -2.63. The zero-order valence-electron chi connectivity index (χ0n) is 17.1. The summed E-state index contributed by atoms with van der Waals surface area (Å²) in [7, 11) is 1.74. The van der Waals surface area contributed by atoms with Gasteiger partial charge in [-0.3, -0.25) is 14.9 Å². The van der Waals surface area contributed by atoms with Crippen LogP contribution in [-0.4, -0.2) is 27.9 Å². The van der Waals surface area contributed by atoms with Crippen molar-refractivity contribution in [2.75, 3.05) is 7.05 Å². The monoisotopic (exact) mass is 452 g/mol. The van der Waals surface area contributed by atoms with Crippen molar-refractivity contribution in [2.24, 2.45) is 4.99 Å². The van der Waals surface area contributed by atoms with Crippen LogP contribution in [0.1, 0.15) is 54.3 Å². The maximum atomic E-state index is 13.1. The Bertz CT molecular complexity index is 1350. The molecule has 0 saturated heterocycles. The molecule has 1 aliphatic carbocycles. The van der Waals surface area contributed by atoms with Crippen LogP contribution in [0.3, 0.4) is 0 Å². The maximum absolute atomic E-state index is 13.1. The predicted octanol–water partition coefficient (Wildman–Crippen LogP) is 5.97. The van der Waals surface area contributed by atoms with Crippen LogP contribution in [-0.2, 0) is 0 Å². The van der Waals surface area contributed by atoms with E-state index < -0.39 is 0 Å². The molecule has 1 fully saturated rings. The predicted molar refractivity (Wildman–Crippen MR) is 127 cm³/mol. The van der Waals surface area contributed by atoms with E-state index in [1.165, 1.54) is 10.1 Å². The first-order chi connectivity index (χ1) is 15.0. The van der Waals surface area contributed by atoms with E-state index in [2.05, 4.69) is 22.2 Å². The molecule has 2 aromatic carbocycles. The number of aromatic nitrogens is 3. The highest BCUT2D eigenvalue weighted by atomic mass is 35.5. The zero-order chi connectivity index (χ0) is 21.5. The largest absolute Gasteiger partial charge is 0.296 e. The molecule has 0 aliphatic heterocycles. The molecule has 0 bridgehead atoms. The van der Waals surface area contributed by atoms with Gasteiger partial charge in [-0.15, -0.1) is 0 Å². The van der Waals surface area contributed by atoms with Crippen molar-refractivity contribution >= 4 is 46.0 Å². The highest BCUT2D eigenvalue weighted by molar-refractivity contribution is 6.31. The molecule has 5 nitrogen and oxygen atoms in total. The molecule has 0 unspecified atom stereocenters.